The number of nitrogens with zero attached hydrogens (tertiary/aromatic N) is 1. The molecule has 1 N–H and O–H groups in total. The van der Waals surface area contributed by atoms with Crippen LogP contribution in [0.3, 0.4) is 0 Å². The molecular weight excluding hydrogens is 220 g/mol. The highest BCUT2D eigenvalue weighted by atomic mass is 16.6. The normalized spacial score (nSPS) is 12.3. The molecule has 0 unspecified atom stereocenters. The first-order valence-corrected chi connectivity index (χ1v) is 5.24. The van der Waals surface area contributed by atoms with Gasteiger partial charge in [-0.3, -0.25) is 9.78 Å². The minimum Gasteiger partial charge on any atom is -0.486 e. The quantitative estimate of drug-likeness (QED) is 0.754. The number of amides is 1. The molecule has 1 aromatic heterocycles. The second-order valence-corrected chi connectivity index (χ2v) is 3.38. The van der Waals surface area contributed by atoms with E-state index in [2.05, 4.69) is 22.1 Å². The number of pyridine rings is 1. The lowest BCUT2D eigenvalue weighted by molar-refractivity contribution is -0.115. The van der Waals surface area contributed by atoms with Gasteiger partial charge >= 0.3 is 0 Å². The topological polar surface area (TPSA) is 60.5 Å². The van der Waals surface area contributed by atoms with Gasteiger partial charge in [-0.05, 0) is 12.8 Å². The van der Waals surface area contributed by atoms with E-state index >= 15 is 0 Å². The van der Waals surface area contributed by atoms with E-state index in [1.54, 1.807) is 19.2 Å². The van der Waals surface area contributed by atoms with Gasteiger partial charge in [-0.25, -0.2) is 0 Å². The maximum Gasteiger partial charge on any atom is 0.296 e. The van der Waals surface area contributed by atoms with Crippen molar-refractivity contribution >= 4 is 5.91 Å². The van der Waals surface area contributed by atoms with Gasteiger partial charge < -0.3 is 14.8 Å². The average Bonchev–Trinajstić information content (AvgIpc) is 2.36. The van der Waals surface area contributed by atoms with Gasteiger partial charge in [0.05, 0.1) is 18.4 Å². The minimum absolute atomic E-state index is 0.316. The Morgan fingerprint density at radius 1 is 1.47 bits per heavy atom. The van der Waals surface area contributed by atoms with Crippen molar-refractivity contribution in [3.8, 4) is 23.3 Å². The zero-order valence-corrected chi connectivity index (χ0v) is 9.45. The summed E-state index contributed by atoms with van der Waals surface area (Å²) in [6.07, 6.45) is 1.60. The molecule has 1 amide bonds. The SMILES string of the molecule is CC#CC(=O)NCc1cc2c(cn1)OCCO2. The number of carbonyl (C=O) groups is 1. The van der Waals surface area contributed by atoms with Crippen LogP contribution in [0.15, 0.2) is 12.3 Å². The second-order valence-electron chi connectivity index (χ2n) is 3.38. The summed E-state index contributed by atoms with van der Waals surface area (Å²) in [6.45, 7) is 3.01. The van der Waals surface area contributed by atoms with Crippen LogP contribution < -0.4 is 14.8 Å². The molecule has 0 fully saturated rings. The smallest absolute Gasteiger partial charge is 0.296 e. The molecule has 1 aliphatic heterocycles. The molecule has 0 spiro atoms. The maximum atomic E-state index is 11.1. The number of hydrogen-bond donors (Lipinski definition) is 1. The summed E-state index contributed by atoms with van der Waals surface area (Å²) in [7, 11) is 0. The van der Waals surface area contributed by atoms with Crippen LogP contribution >= 0.6 is 0 Å². The molecule has 1 aliphatic rings. The standard InChI is InChI=1S/C12H12N2O3/c1-2-3-12(15)14-7-9-6-10-11(8-13-9)17-5-4-16-10/h6,8H,4-5,7H2,1H3,(H,14,15). The average molecular weight is 232 g/mol. The first-order valence-electron chi connectivity index (χ1n) is 5.24. The molecule has 0 radical (unpaired) electrons. The first-order chi connectivity index (χ1) is 8.29. The Balaban J connectivity index is 2.01. The van der Waals surface area contributed by atoms with Gasteiger partial charge in [0.2, 0.25) is 0 Å². The van der Waals surface area contributed by atoms with Crippen LogP contribution in [-0.2, 0) is 11.3 Å². The number of carbonyl (C=O) groups excluding carboxylic acids is 1. The fourth-order valence-corrected chi connectivity index (χ4v) is 1.41. The summed E-state index contributed by atoms with van der Waals surface area (Å²) >= 11 is 0. The second kappa shape index (κ2) is 5.21. The van der Waals surface area contributed by atoms with Crippen molar-refractivity contribution in [1.82, 2.24) is 10.3 Å². The van der Waals surface area contributed by atoms with Crippen molar-refractivity contribution in [3.05, 3.63) is 18.0 Å². The van der Waals surface area contributed by atoms with E-state index in [0.29, 0.717) is 37.0 Å². The summed E-state index contributed by atoms with van der Waals surface area (Å²) in [5.74, 6) is 5.91. The van der Waals surface area contributed by atoms with Crippen LogP contribution in [0.5, 0.6) is 11.5 Å². The lowest BCUT2D eigenvalue weighted by Crippen LogP contribution is -2.22. The van der Waals surface area contributed by atoms with E-state index in [1.807, 2.05) is 0 Å². The highest BCUT2D eigenvalue weighted by Crippen LogP contribution is 2.29. The summed E-state index contributed by atoms with van der Waals surface area (Å²) in [5, 5.41) is 2.64. The fourth-order valence-electron chi connectivity index (χ4n) is 1.41. The zero-order valence-electron chi connectivity index (χ0n) is 9.45. The monoisotopic (exact) mass is 232 g/mol. The van der Waals surface area contributed by atoms with Crippen molar-refractivity contribution in [2.75, 3.05) is 13.2 Å². The largest absolute Gasteiger partial charge is 0.486 e. The Morgan fingerprint density at radius 3 is 3.00 bits per heavy atom. The molecule has 2 heterocycles. The summed E-state index contributed by atoms with van der Waals surface area (Å²) < 4.78 is 10.8. The molecule has 0 saturated heterocycles. The van der Waals surface area contributed by atoms with E-state index < -0.39 is 0 Å². The molecule has 0 aromatic carbocycles. The van der Waals surface area contributed by atoms with Gasteiger partial charge in [-0.1, -0.05) is 5.92 Å². The van der Waals surface area contributed by atoms with Gasteiger partial charge in [-0.2, -0.15) is 0 Å². The van der Waals surface area contributed by atoms with Gasteiger partial charge in [-0.15, -0.1) is 0 Å². The van der Waals surface area contributed by atoms with E-state index in [1.165, 1.54) is 0 Å². The van der Waals surface area contributed by atoms with E-state index in [9.17, 15) is 4.79 Å². The molecule has 0 atom stereocenters. The molecule has 0 saturated carbocycles. The Kier molecular flexibility index (Phi) is 3.46. The van der Waals surface area contributed by atoms with Gasteiger partial charge in [0.25, 0.3) is 5.91 Å². The number of hydrogen-bond acceptors (Lipinski definition) is 4. The summed E-state index contributed by atoms with van der Waals surface area (Å²) in [4.78, 5) is 15.3. The molecule has 0 aliphatic carbocycles. The number of rotatable bonds is 2. The molecule has 1 aromatic rings. The minimum atomic E-state index is -0.316. The fraction of sp³-hybridized carbons (Fsp3) is 0.333. The Labute approximate surface area is 99.1 Å². The number of ether oxygens (including phenoxy) is 2. The van der Waals surface area contributed by atoms with Crippen molar-refractivity contribution < 1.29 is 14.3 Å². The Bertz CT molecular complexity index is 488. The number of aromatic nitrogens is 1. The van der Waals surface area contributed by atoms with Gasteiger partial charge in [0.15, 0.2) is 11.5 Å². The summed E-state index contributed by atoms with van der Waals surface area (Å²) in [6, 6.07) is 1.76. The van der Waals surface area contributed by atoms with Crippen LogP contribution in [0.1, 0.15) is 12.6 Å². The van der Waals surface area contributed by atoms with Crippen LogP contribution in [0.4, 0.5) is 0 Å². The van der Waals surface area contributed by atoms with Crippen LogP contribution in [0, 0.1) is 11.8 Å². The Hall–Kier alpha value is -2.22. The van der Waals surface area contributed by atoms with Crippen molar-refractivity contribution in [1.29, 1.82) is 0 Å². The molecule has 17 heavy (non-hydrogen) atoms. The van der Waals surface area contributed by atoms with Crippen molar-refractivity contribution in [2.24, 2.45) is 0 Å². The van der Waals surface area contributed by atoms with E-state index in [4.69, 9.17) is 9.47 Å². The third-order valence-corrected chi connectivity index (χ3v) is 2.16. The first kappa shape index (κ1) is 11.3. The molecule has 5 heteroatoms. The molecular formula is C12H12N2O3. The predicted octanol–water partition coefficient (Wildman–Crippen LogP) is 0.492. The lowest BCUT2D eigenvalue weighted by Gasteiger charge is -2.18. The van der Waals surface area contributed by atoms with Gasteiger partial charge in [0, 0.05) is 6.07 Å². The third-order valence-electron chi connectivity index (χ3n) is 2.16. The highest BCUT2D eigenvalue weighted by molar-refractivity contribution is 5.93. The van der Waals surface area contributed by atoms with Crippen LogP contribution in [0.25, 0.3) is 0 Å². The van der Waals surface area contributed by atoms with Crippen molar-refractivity contribution in [2.45, 2.75) is 13.5 Å². The molecule has 0 bridgehead atoms. The van der Waals surface area contributed by atoms with Crippen molar-refractivity contribution in [3.63, 3.8) is 0 Å². The molecule has 88 valence electrons. The summed E-state index contributed by atoms with van der Waals surface area (Å²) in [5.41, 5.74) is 0.709. The van der Waals surface area contributed by atoms with E-state index in [-0.39, 0.29) is 5.91 Å². The molecule has 5 nitrogen and oxygen atoms in total. The number of nitrogens with one attached hydrogen (secondary N) is 1. The zero-order chi connectivity index (χ0) is 12.1. The van der Waals surface area contributed by atoms with Crippen LogP contribution in [-0.4, -0.2) is 24.1 Å². The molecule has 2 rings (SSSR count). The van der Waals surface area contributed by atoms with E-state index in [0.717, 1.165) is 0 Å². The lowest BCUT2D eigenvalue weighted by atomic mass is 10.3. The Morgan fingerprint density at radius 2 is 2.24 bits per heavy atom. The maximum absolute atomic E-state index is 11.1. The third kappa shape index (κ3) is 2.88. The highest BCUT2D eigenvalue weighted by Gasteiger charge is 2.12. The van der Waals surface area contributed by atoms with Gasteiger partial charge in [0.1, 0.15) is 13.2 Å². The number of fused-ring (bicyclic) bond motifs is 1. The van der Waals surface area contributed by atoms with Crippen LogP contribution in [0.2, 0.25) is 0 Å². The predicted molar refractivity (Wildman–Crippen MR) is 60.5 cm³/mol.